The first-order chi connectivity index (χ1) is 14.9. The van der Waals surface area contributed by atoms with Gasteiger partial charge in [-0.3, -0.25) is 9.59 Å². The monoisotopic (exact) mass is 426 g/mol. The van der Waals surface area contributed by atoms with Crippen LogP contribution in [0.5, 0.6) is 11.5 Å². The molecule has 6 nitrogen and oxygen atoms in total. The quantitative estimate of drug-likeness (QED) is 0.517. The summed E-state index contributed by atoms with van der Waals surface area (Å²) in [6, 6.07) is 16.6. The number of rotatable bonds is 12. The molecule has 0 spiro atoms. The van der Waals surface area contributed by atoms with Gasteiger partial charge in [-0.05, 0) is 56.5 Å². The lowest BCUT2D eigenvalue weighted by atomic mass is 10.1. The van der Waals surface area contributed by atoms with Crippen LogP contribution in [0, 0.1) is 0 Å². The average molecular weight is 427 g/mol. The molecule has 0 saturated carbocycles. The van der Waals surface area contributed by atoms with Crippen LogP contribution in [0.2, 0.25) is 0 Å². The topological polar surface area (TPSA) is 67.9 Å². The molecular formula is C25H34N2O4. The predicted octanol–water partition coefficient (Wildman–Crippen LogP) is 4.19. The average Bonchev–Trinajstić information content (AvgIpc) is 2.80. The van der Waals surface area contributed by atoms with Gasteiger partial charge in [-0.25, -0.2) is 0 Å². The lowest BCUT2D eigenvalue weighted by Gasteiger charge is -2.30. The molecule has 1 N–H and O–H groups in total. The second-order valence-corrected chi connectivity index (χ2v) is 7.63. The zero-order chi connectivity index (χ0) is 22.6. The highest BCUT2D eigenvalue weighted by Crippen LogP contribution is 2.17. The SMILES string of the molecule is CC[C@H](C)NC(=O)[C@@H](C)N(Cc1cccc(OC)c1)C(=O)CCCOc1ccccc1. The molecule has 0 aromatic heterocycles. The fourth-order valence-electron chi connectivity index (χ4n) is 3.09. The molecule has 0 aliphatic heterocycles. The number of hydrogen-bond acceptors (Lipinski definition) is 4. The molecule has 2 rings (SSSR count). The highest BCUT2D eigenvalue weighted by atomic mass is 16.5. The molecule has 0 aliphatic rings. The minimum absolute atomic E-state index is 0.0583. The van der Waals surface area contributed by atoms with Crippen molar-refractivity contribution in [2.45, 2.75) is 58.7 Å². The zero-order valence-corrected chi connectivity index (χ0v) is 19.0. The molecule has 2 amide bonds. The summed E-state index contributed by atoms with van der Waals surface area (Å²) in [7, 11) is 1.61. The molecule has 0 aliphatic carbocycles. The Bertz CT molecular complexity index is 825. The molecular weight excluding hydrogens is 392 g/mol. The van der Waals surface area contributed by atoms with Crippen LogP contribution in [0.1, 0.15) is 45.6 Å². The van der Waals surface area contributed by atoms with Crippen LogP contribution in [-0.4, -0.2) is 42.5 Å². The van der Waals surface area contributed by atoms with Crippen molar-refractivity contribution < 1.29 is 19.1 Å². The summed E-state index contributed by atoms with van der Waals surface area (Å²) in [6.45, 7) is 6.53. The van der Waals surface area contributed by atoms with Gasteiger partial charge in [0.05, 0.1) is 13.7 Å². The Balaban J connectivity index is 2.03. The van der Waals surface area contributed by atoms with Crippen molar-refractivity contribution in [1.29, 1.82) is 0 Å². The van der Waals surface area contributed by atoms with E-state index in [4.69, 9.17) is 9.47 Å². The molecule has 0 unspecified atom stereocenters. The largest absolute Gasteiger partial charge is 0.497 e. The summed E-state index contributed by atoms with van der Waals surface area (Å²) in [5.41, 5.74) is 0.913. The van der Waals surface area contributed by atoms with E-state index in [2.05, 4.69) is 5.32 Å². The lowest BCUT2D eigenvalue weighted by molar-refractivity contribution is -0.141. The van der Waals surface area contributed by atoms with E-state index in [0.717, 1.165) is 23.5 Å². The van der Waals surface area contributed by atoms with E-state index in [9.17, 15) is 9.59 Å². The number of amides is 2. The van der Waals surface area contributed by atoms with Crippen molar-refractivity contribution in [3.05, 3.63) is 60.2 Å². The third-order valence-electron chi connectivity index (χ3n) is 5.20. The van der Waals surface area contributed by atoms with Gasteiger partial charge in [0.15, 0.2) is 0 Å². The van der Waals surface area contributed by atoms with Crippen molar-refractivity contribution >= 4 is 11.8 Å². The first-order valence-corrected chi connectivity index (χ1v) is 10.8. The lowest BCUT2D eigenvalue weighted by Crippen LogP contribution is -2.49. The van der Waals surface area contributed by atoms with Gasteiger partial charge in [-0.15, -0.1) is 0 Å². The molecule has 0 heterocycles. The van der Waals surface area contributed by atoms with Gasteiger partial charge < -0.3 is 19.7 Å². The summed E-state index contributed by atoms with van der Waals surface area (Å²) in [4.78, 5) is 27.4. The Kier molecular flexibility index (Phi) is 9.88. The van der Waals surface area contributed by atoms with Crippen LogP contribution in [-0.2, 0) is 16.1 Å². The Labute approximate surface area is 185 Å². The van der Waals surface area contributed by atoms with E-state index in [1.165, 1.54) is 0 Å². The van der Waals surface area contributed by atoms with Gasteiger partial charge in [-0.1, -0.05) is 37.3 Å². The molecule has 0 saturated heterocycles. The Morgan fingerprint density at radius 1 is 1.03 bits per heavy atom. The van der Waals surface area contributed by atoms with Gasteiger partial charge in [-0.2, -0.15) is 0 Å². The van der Waals surface area contributed by atoms with Crippen LogP contribution in [0.15, 0.2) is 54.6 Å². The predicted molar refractivity (Wildman–Crippen MR) is 122 cm³/mol. The maximum atomic E-state index is 13.1. The van der Waals surface area contributed by atoms with Crippen LogP contribution in [0.25, 0.3) is 0 Å². The van der Waals surface area contributed by atoms with Gasteiger partial charge >= 0.3 is 0 Å². The van der Waals surface area contributed by atoms with Crippen molar-refractivity contribution in [3.8, 4) is 11.5 Å². The van der Waals surface area contributed by atoms with Crippen LogP contribution in [0.4, 0.5) is 0 Å². The Hall–Kier alpha value is -3.02. The smallest absolute Gasteiger partial charge is 0.242 e. The second kappa shape index (κ2) is 12.6. The Morgan fingerprint density at radius 2 is 1.74 bits per heavy atom. The van der Waals surface area contributed by atoms with E-state index >= 15 is 0 Å². The van der Waals surface area contributed by atoms with Gasteiger partial charge in [0, 0.05) is 19.0 Å². The third kappa shape index (κ3) is 7.96. The van der Waals surface area contributed by atoms with E-state index < -0.39 is 6.04 Å². The van der Waals surface area contributed by atoms with Crippen molar-refractivity contribution in [2.24, 2.45) is 0 Å². The van der Waals surface area contributed by atoms with E-state index in [-0.39, 0.29) is 17.9 Å². The van der Waals surface area contributed by atoms with E-state index in [1.807, 2.05) is 68.4 Å². The summed E-state index contributed by atoms with van der Waals surface area (Å²) >= 11 is 0. The standard InChI is InChI=1S/C25H34N2O4/c1-5-19(2)26-25(29)20(3)27(18-21-11-9-14-23(17-21)30-4)24(28)15-10-16-31-22-12-7-6-8-13-22/h6-9,11-14,17,19-20H,5,10,15-16,18H2,1-4H3,(H,26,29)/t19-,20+/m0/s1. The fraction of sp³-hybridized carbons (Fsp3) is 0.440. The highest BCUT2D eigenvalue weighted by molar-refractivity contribution is 5.87. The highest BCUT2D eigenvalue weighted by Gasteiger charge is 2.26. The van der Waals surface area contributed by atoms with E-state index in [1.54, 1.807) is 18.9 Å². The number of nitrogens with zero attached hydrogens (tertiary/aromatic N) is 1. The molecule has 168 valence electrons. The van der Waals surface area contributed by atoms with Crippen LogP contribution >= 0.6 is 0 Å². The second-order valence-electron chi connectivity index (χ2n) is 7.63. The summed E-state index contributed by atoms with van der Waals surface area (Å²) in [5.74, 6) is 1.28. The van der Waals surface area contributed by atoms with Crippen LogP contribution in [0.3, 0.4) is 0 Å². The summed E-state index contributed by atoms with van der Waals surface area (Å²) < 4.78 is 11.0. The molecule has 6 heteroatoms. The molecule has 31 heavy (non-hydrogen) atoms. The first kappa shape index (κ1) is 24.3. The van der Waals surface area contributed by atoms with Crippen LogP contribution < -0.4 is 14.8 Å². The molecule has 0 radical (unpaired) electrons. The number of carbonyl (C=O) groups excluding carboxylic acids is 2. The maximum absolute atomic E-state index is 13.1. The number of para-hydroxylation sites is 1. The minimum Gasteiger partial charge on any atom is -0.497 e. The molecule has 0 fully saturated rings. The van der Waals surface area contributed by atoms with Gasteiger partial charge in [0.1, 0.15) is 17.5 Å². The maximum Gasteiger partial charge on any atom is 0.242 e. The zero-order valence-electron chi connectivity index (χ0n) is 19.0. The number of benzene rings is 2. The molecule has 0 bridgehead atoms. The van der Waals surface area contributed by atoms with Crippen molar-refractivity contribution in [2.75, 3.05) is 13.7 Å². The number of methoxy groups -OCH3 is 1. The normalized spacial score (nSPS) is 12.5. The first-order valence-electron chi connectivity index (χ1n) is 10.8. The number of carbonyl (C=O) groups is 2. The molecule has 2 aromatic carbocycles. The number of hydrogen-bond donors (Lipinski definition) is 1. The van der Waals surface area contributed by atoms with Gasteiger partial charge in [0.2, 0.25) is 11.8 Å². The van der Waals surface area contributed by atoms with Crippen molar-refractivity contribution in [1.82, 2.24) is 10.2 Å². The van der Waals surface area contributed by atoms with E-state index in [0.29, 0.717) is 26.0 Å². The third-order valence-corrected chi connectivity index (χ3v) is 5.20. The van der Waals surface area contributed by atoms with Crippen molar-refractivity contribution in [3.63, 3.8) is 0 Å². The fourth-order valence-corrected chi connectivity index (χ4v) is 3.09. The number of nitrogens with one attached hydrogen (secondary N) is 1. The minimum atomic E-state index is -0.581. The summed E-state index contributed by atoms with van der Waals surface area (Å²) in [5, 5.41) is 2.98. The molecule has 2 aromatic rings. The summed E-state index contributed by atoms with van der Waals surface area (Å²) in [6.07, 6.45) is 1.71. The van der Waals surface area contributed by atoms with Gasteiger partial charge in [0.25, 0.3) is 0 Å². The Morgan fingerprint density at radius 3 is 2.42 bits per heavy atom. The number of ether oxygens (including phenoxy) is 2. The molecule has 2 atom stereocenters.